The monoisotopic (exact) mass is 235 g/mol. The first-order valence-corrected chi connectivity index (χ1v) is 5.02. The normalized spacial score (nSPS) is 13.4. The standard InChI is InChI=1S/C7H10BrNOS/c8-7-5(2-4-11-7)6(9)1-3-10/h2,4,6,10H,1,3,9H2/t6-/m1/s1. The highest BCUT2D eigenvalue weighted by Crippen LogP contribution is 2.28. The molecule has 4 heteroatoms. The molecule has 1 rings (SSSR count). The highest BCUT2D eigenvalue weighted by molar-refractivity contribution is 9.11. The van der Waals surface area contributed by atoms with Crippen molar-refractivity contribution in [2.45, 2.75) is 12.5 Å². The third kappa shape index (κ3) is 2.27. The SMILES string of the molecule is N[C@H](CCO)c1ccsc1Br. The molecule has 0 aliphatic rings. The van der Waals surface area contributed by atoms with Crippen LogP contribution in [-0.2, 0) is 0 Å². The minimum absolute atomic E-state index is 0.0411. The number of nitrogens with two attached hydrogens (primary N) is 1. The summed E-state index contributed by atoms with van der Waals surface area (Å²) in [5, 5.41) is 10.6. The zero-order valence-electron chi connectivity index (χ0n) is 5.96. The molecule has 0 aliphatic heterocycles. The van der Waals surface area contributed by atoms with Crippen LogP contribution in [0.3, 0.4) is 0 Å². The molecule has 0 aliphatic carbocycles. The molecule has 11 heavy (non-hydrogen) atoms. The van der Waals surface area contributed by atoms with Crippen LogP contribution in [0, 0.1) is 0 Å². The van der Waals surface area contributed by atoms with Crippen molar-refractivity contribution < 1.29 is 5.11 Å². The second kappa shape index (κ2) is 4.21. The van der Waals surface area contributed by atoms with Crippen molar-refractivity contribution in [1.29, 1.82) is 0 Å². The van der Waals surface area contributed by atoms with Crippen molar-refractivity contribution in [1.82, 2.24) is 0 Å². The van der Waals surface area contributed by atoms with E-state index in [0.29, 0.717) is 6.42 Å². The van der Waals surface area contributed by atoms with Crippen LogP contribution in [0.5, 0.6) is 0 Å². The Hall–Kier alpha value is 0.100. The van der Waals surface area contributed by atoms with Crippen LogP contribution < -0.4 is 5.73 Å². The summed E-state index contributed by atoms with van der Waals surface area (Å²) in [6.07, 6.45) is 0.620. The highest BCUT2D eigenvalue weighted by atomic mass is 79.9. The van der Waals surface area contributed by atoms with Crippen molar-refractivity contribution >= 4 is 27.3 Å². The second-order valence-corrected chi connectivity index (χ2v) is 4.50. The van der Waals surface area contributed by atoms with Crippen LogP contribution in [-0.4, -0.2) is 11.7 Å². The van der Waals surface area contributed by atoms with Gasteiger partial charge in [-0.15, -0.1) is 11.3 Å². The lowest BCUT2D eigenvalue weighted by Crippen LogP contribution is -2.11. The van der Waals surface area contributed by atoms with Crippen LogP contribution >= 0.6 is 27.3 Å². The Kier molecular flexibility index (Phi) is 3.51. The third-order valence-electron chi connectivity index (χ3n) is 1.49. The minimum Gasteiger partial charge on any atom is -0.396 e. The van der Waals surface area contributed by atoms with Gasteiger partial charge in [-0.25, -0.2) is 0 Å². The minimum atomic E-state index is -0.0411. The predicted octanol–water partition coefficient (Wildman–Crippen LogP) is 1.89. The maximum Gasteiger partial charge on any atom is 0.0746 e. The van der Waals surface area contributed by atoms with Crippen molar-refractivity contribution in [3.8, 4) is 0 Å². The molecule has 0 fully saturated rings. The Morgan fingerprint density at radius 1 is 1.73 bits per heavy atom. The Labute approximate surface area is 78.2 Å². The zero-order valence-corrected chi connectivity index (χ0v) is 8.36. The summed E-state index contributed by atoms with van der Waals surface area (Å²) in [4.78, 5) is 0. The van der Waals surface area contributed by atoms with Gasteiger partial charge in [-0.3, -0.25) is 0 Å². The zero-order chi connectivity index (χ0) is 8.27. The predicted molar refractivity (Wildman–Crippen MR) is 50.7 cm³/mol. The number of hydrogen-bond donors (Lipinski definition) is 2. The van der Waals surface area contributed by atoms with E-state index in [4.69, 9.17) is 10.8 Å². The molecule has 1 aromatic rings. The van der Waals surface area contributed by atoms with E-state index >= 15 is 0 Å². The van der Waals surface area contributed by atoms with Crippen molar-refractivity contribution in [3.05, 3.63) is 20.8 Å². The molecule has 3 N–H and O–H groups in total. The van der Waals surface area contributed by atoms with Crippen molar-refractivity contribution in [2.75, 3.05) is 6.61 Å². The fraction of sp³-hybridized carbons (Fsp3) is 0.429. The first-order chi connectivity index (χ1) is 5.25. The molecule has 0 amide bonds. The summed E-state index contributed by atoms with van der Waals surface area (Å²) < 4.78 is 1.07. The lowest BCUT2D eigenvalue weighted by molar-refractivity contribution is 0.276. The molecule has 0 spiro atoms. The van der Waals surface area contributed by atoms with Gasteiger partial charge in [0.25, 0.3) is 0 Å². The average Bonchev–Trinajstić information content (AvgIpc) is 2.36. The molecule has 0 unspecified atom stereocenters. The fourth-order valence-corrected chi connectivity index (χ4v) is 2.30. The van der Waals surface area contributed by atoms with Gasteiger partial charge in [0.15, 0.2) is 0 Å². The van der Waals surface area contributed by atoms with Gasteiger partial charge in [-0.05, 0) is 39.4 Å². The van der Waals surface area contributed by atoms with Gasteiger partial charge in [0.1, 0.15) is 0 Å². The summed E-state index contributed by atoms with van der Waals surface area (Å²) in [5.41, 5.74) is 6.85. The largest absolute Gasteiger partial charge is 0.396 e. The van der Waals surface area contributed by atoms with E-state index in [0.717, 1.165) is 9.35 Å². The first kappa shape index (κ1) is 9.19. The lowest BCUT2D eigenvalue weighted by Gasteiger charge is -2.07. The molecule has 0 saturated carbocycles. The molecule has 0 bridgehead atoms. The van der Waals surface area contributed by atoms with E-state index in [-0.39, 0.29) is 12.6 Å². The molecule has 0 aromatic carbocycles. The molecule has 1 heterocycles. The molecular formula is C7H10BrNOS. The first-order valence-electron chi connectivity index (χ1n) is 3.35. The quantitative estimate of drug-likeness (QED) is 0.841. The third-order valence-corrected chi connectivity index (χ3v) is 3.22. The second-order valence-electron chi connectivity index (χ2n) is 2.27. The Morgan fingerprint density at radius 3 is 2.91 bits per heavy atom. The number of hydrogen-bond acceptors (Lipinski definition) is 3. The molecule has 1 aromatic heterocycles. The smallest absolute Gasteiger partial charge is 0.0746 e. The Bertz CT molecular complexity index is 226. The highest BCUT2D eigenvalue weighted by Gasteiger charge is 2.09. The number of thiophene rings is 1. The van der Waals surface area contributed by atoms with Gasteiger partial charge in [0.05, 0.1) is 3.79 Å². The molecule has 0 saturated heterocycles. The van der Waals surface area contributed by atoms with E-state index in [1.807, 2.05) is 11.4 Å². The number of halogens is 1. The molecule has 1 atom stereocenters. The van der Waals surface area contributed by atoms with Gasteiger partial charge in [-0.1, -0.05) is 0 Å². The van der Waals surface area contributed by atoms with Crippen LogP contribution in [0.15, 0.2) is 15.2 Å². The summed E-state index contributed by atoms with van der Waals surface area (Å²) in [6.45, 7) is 0.142. The van der Waals surface area contributed by atoms with Crippen LogP contribution in [0.1, 0.15) is 18.0 Å². The number of aliphatic hydroxyl groups excluding tert-OH is 1. The number of rotatable bonds is 3. The van der Waals surface area contributed by atoms with Gasteiger partial charge in [0, 0.05) is 12.6 Å². The van der Waals surface area contributed by atoms with Crippen molar-refractivity contribution in [3.63, 3.8) is 0 Å². The van der Waals surface area contributed by atoms with E-state index in [2.05, 4.69) is 15.9 Å². The molecular weight excluding hydrogens is 226 g/mol. The van der Waals surface area contributed by atoms with E-state index in [1.54, 1.807) is 11.3 Å². The summed E-state index contributed by atoms with van der Waals surface area (Å²) in [7, 11) is 0. The molecule has 62 valence electrons. The van der Waals surface area contributed by atoms with E-state index in [1.165, 1.54) is 0 Å². The van der Waals surface area contributed by atoms with Gasteiger partial charge < -0.3 is 10.8 Å². The maximum absolute atomic E-state index is 8.63. The van der Waals surface area contributed by atoms with Gasteiger partial charge >= 0.3 is 0 Å². The molecule has 0 radical (unpaired) electrons. The van der Waals surface area contributed by atoms with Crippen molar-refractivity contribution in [2.24, 2.45) is 5.73 Å². The summed E-state index contributed by atoms with van der Waals surface area (Å²) in [5.74, 6) is 0. The Balaban J connectivity index is 2.67. The van der Waals surface area contributed by atoms with Gasteiger partial charge in [0.2, 0.25) is 0 Å². The van der Waals surface area contributed by atoms with Crippen LogP contribution in [0.4, 0.5) is 0 Å². The molecule has 2 nitrogen and oxygen atoms in total. The van der Waals surface area contributed by atoms with Gasteiger partial charge in [-0.2, -0.15) is 0 Å². The summed E-state index contributed by atoms with van der Waals surface area (Å²) in [6, 6.07) is 1.94. The van der Waals surface area contributed by atoms with E-state index < -0.39 is 0 Å². The summed E-state index contributed by atoms with van der Waals surface area (Å²) >= 11 is 5.01. The van der Waals surface area contributed by atoms with Crippen LogP contribution in [0.2, 0.25) is 0 Å². The Morgan fingerprint density at radius 2 is 2.45 bits per heavy atom. The average molecular weight is 236 g/mol. The number of aliphatic hydroxyl groups is 1. The van der Waals surface area contributed by atoms with Crippen LogP contribution in [0.25, 0.3) is 0 Å². The topological polar surface area (TPSA) is 46.2 Å². The lowest BCUT2D eigenvalue weighted by atomic mass is 10.1. The maximum atomic E-state index is 8.63. The van der Waals surface area contributed by atoms with E-state index in [9.17, 15) is 0 Å². The fourth-order valence-electron chi connectivity index (χ4n) is 0.865.